The maximum atomic E-state index is 13.1. The van der Waals surface area contributed by atoms with E-state index in [1.165, 1.54) is 12.1 Å². The number of carbonyl (C=O) groups is 1. The predicted molar refractivity (Wildman–Crippen MR) is 111 cm³/mol. The molecule has 2 aromatic carbocycles. The Labute approximate surface area is 179 Å². The number of rotatable bonds is 6. The van der Waals surface area contributed by atoms with Crippen LogP contribution in [0.5, 0.6) is 0 Å². The van der Waals surface area contributed by atoms with E-state index in [0.29, 0.717) is 29.8 Å². The largest absolute Gasteiger partial charge is 0.351 e. The minimum Gasteiger partial charge on any atom is -0.351 e. The van der Waals surface area contributed by atoms with Crippen molar-refractivity contribution in [2.24, 2.45) is 0 Å². The van der Waals surface area contributed by atoms with Gasteiger partial charge in [-0.25, -0.2) is 4.39 Å². The van der Waals surface area contributed by atoms with Crippen LogP contribution in [0.25, 0.3) is 11.4 Å². The van der Waals surface area contributed by atoms with Crippen molar-refractivity contribution >= 4 is 17.5 Å². The summed E-state index contributed by atoms with van der Waals surface area (Å²) in [4.78, 5) is 18.9. The van der Waals surface area contributed by atoms with Crippen molar-refractivity contribution in [2.45, 2.75) is 25.3 Å². The molecule has 8 heteroatoms. The van der Waals surface area contributed by atoms with Gasteiger partial charge in [-0.2, -0.15) is 4.98 Å². The molecule has 6 nitrogen and oxygen atoms in total. The third-order valence-corrected chi connectivity index (χ3v) is 5.50. The molecule has 2 heterocycles. The lowest BCUT2D eigenvalue weighted by atomic mass is 9.97. The molecule has 1 fully saturated rings. The second kappa shape index (κ2) is 9.36. The number of carbonyl (C=O) groups excluding carboxylic acids is 1. The average Bonchev–Trinajstić information content (AvgIpc) is 3.25. The van der Waals surface area contributed by atoms with E-state index in [2.05, 4.69) is 20.4 Å². The fraction of sp³-hybridized carbons (Fsp3) is 0.318. The standard InChI is InChI=1S/C22H22ClFN4O2/c23-18-5-1-15(2-6-18)13-25-20(29)14-28-11-9-17(10-12-28)22-26-21(27-30-22)16-3-7-19(24)8-4-16/h1-8,17H,9-14H2,(H,25,29). The molecule has 0 atom stereocenters. The first-order chi connectivity index (χ1) is 14.6. The summed E-state index contributed by atoms with van der Waals surface area (Å²) in [5.41, 5.74) is 1.74. The molecule has 3 aromatic rings. The Bertz CT molecular complexity index is 983. The molecule has 0 saturated carbocycles. The summed E-state index contributed by atoms with van der Waals surface area (Å²) in [6.07, 6.45) is 1.69. The van der Waals surface area contributed by atoms with Crippen LogP contribution in [-0.4, -0.2) is 40.6 Å². The Balaban J connectivity index is 1.24. The van der Waals surface area contributed by atoms with E-state index in [9.17, 15) is 9.18 Å². The first kappa shape index (κ1) is 20.5. The first-order valence-electron chi connectivity index (χ1n) is 9.90. The van der Waals surface area contributed by atoms with Crippen molar-refractivity contribution in [2.75, 3.05) is 19.6 Å². The fourth-order valence-electron chi connectivity index (χ4n) is 3.52. The summed E-state index contributed by atoms with van der Waals surface area (Å²) in [6.45, 7) is 2.42. The smallest absolute Gasteiger partial charge is 0.234 e. The minimum atomic E-state index is -0.299. The second-order valence-corrected chi connectivity index (χ2v) is 7.85. The summed E-state index contributed by atoms with van der Waals surface area (Å²) < 4.78 is 18.5. The Morgan fingerprint density at radius 2 is 1.83 bits per heavy atom. The SMILES string of the molecule is O=C(CN1CCC(c2nc(-c3ccc(F)cc3)no2)CC1)NCc1ccc(Cl)cc1. The van der Waals surface area contributed by atoms with Crippen LogP contribution in [0.4, 0.5) is 4.39 Å². The van der Waals surface area contributed by atoms with Gasteiger partial charge in [-0.1, -0.05) is 28.9 Å². The highest BCUT2D eigenvalue weighted by Crippen LogP contribution is 2.28. The van der Waals surface area contributed by atoms with Gasteiger partial charge in [0.15, 0.2) is 0 Å². The van der Waals surface area contributed by atoms with E-state index in [1.807, 2.05) is 24.3 Å². The number of aromatic nitrogens is 2. The van der Waals surface area contributed by atoms with Crippen LogP contribution >= 0.6 is 11.6 Å². The van der Waals surface area contributed by atoms with Crippen molar-refractivity contribution in [3.05, 3.63) is 70.8 Å². The van der Waals surface area contributed by atoms with Crippen LogP contribution in [0.15, 0.2) is 53.1 Å². The first-order valence-corrected chi connectivity index (χ1v) is 10.3. The zero-order valence-electron chi connectivity index (χ0n) is 16.4. The topological polar surface area (TPSA) is 71.3 Å². The van der Waals surface area contributed by atoms with E-state index in [1.54, 1.807) is 12.1 Å². The Morgan fingerprint density at radius 1 is 1.13 bits per heavy atom. The lowest BCUT2D eigenvalue weighted by molar-refractivity contribution is -0.122. The molecule has 0 radical (unpaired) electrons. The number of nitrogens with zero attached hydrogens (tertiary/aromatic N) is 3. The monoisotopic (exact) mass is 428 g/mol. The van der Waals surface area contributed by atoms with Gasteiger partial charge in [0.2, 0.25) is 17.6 Å². The molecule has 30 heavy (non-hydrogen) atoms. The third-order valence-electron chi connectivity index (χ3n) is 5.25. The molecule has 0 spiro atoms. The zero-order chi connectivity index (χ0) is 20.9. The summed E-state index contributed by atoms with van der Waals surface area (Å²) in [6, 6.07) is 13.4. The number of hydrogen-bond donors (Lipinski definition) is 1. The molecular formula is C22H22ClFN4O2. The summed E-state index contributed by atoms with van der Waals surface area (Å²) in [7, 11) is 0. The van der Waals surface area contributed by atoms with E-state index in [0.717, 1.165) is 37.1 Å². The minimum absolute atomic E-state index is 0.000198. The van der Waals surface area contributed by atoms with Crippen LogP contribution in [0.2, 0.25) is 5.02 Å². The molecular weight excluding hydrogens is 407 g/mol. The number of hydrogen-bond acceptors (Lipinski definition) is 5. The maximum Gasteiger partial charge on any atom is 0.234 e. The van der Waals surface area contributed by atoms with Gasteiger partial charge in [-0.15, -0.1) is 0 Å². The number of nitrogens with one attached hydrogen (secondary N) is 1. The number of benzene rings is 2. The van der Waals surface area contributed by atoms with Crippen LogP contribution in [-0.2, 0) is 11.3 Å². The van der Waals surface area contributed by atoms with Crippen molar-refractivity contribution in [1.82, 2.24) is 20.4 Å². The molecule has 1 aliphatic heterocycles. The molecule has 4 rings (SSSR count). The number of likely N-dealkylation sites (tertiary alicyclic amines) is 1. The van der Waals surface area contributed by atoms with Crippen LogP contribution < -0.4 is 5.32 Å². The number of amides is 1. The Hall–Kier alpha value is -2.77. The highest BCUT2D eigenvalue weighted by atomic mass is 35.5. The molecule has 0 unspecified atom stereocenters. The number of piperidine rings is 1. The molecule has 1 aromatic heterocycles. The lowest BCUT2D eigenvalue weighted by Gasteiger charge is -2.29. The number of halogens is 2. The van der Waals surface area contributed by atoms with E-state index < -0.39 is 0 Å². The van der Waals surface area contributed by atoms with E-state index in [4.69, 9.17) is 16.1 Å². The van der Waals surface area contributed by atoms with E-state index in [-0.39, 0.29) is 17.6 Å². The Morgan fingerprint density at radius 3 is 2.53 bits per heavy atom. The lowest BCUT2D eigenvalue weighted by Crippen LogP contribution is -2.41. The molecule has 1 saturated heterocycles. The third kappa shape index (κ3) is 5.23. The quantitative estimate of drug-likeness (QED) is 0.642. The average molecular weight is 429 g/mol. The van der Waals surface area contributed by atoms with Gasteiger partial charge < -0.3 is 9.84 Å². The zero-order valence-corrected chi connectivity index (χ0v) is 17.1. The van der Waals surface area contributed by atoms with E-state index >= 15 is 0 Å². The molecule has 1 aliphatic rings. The van der Waals surface area contributed by atoms with Gasteiger partial charge >= 0.3 is 0 Å². The van der Waals surface area contributed by atoms with Gasteiger partial charge in [-0.05, 0) is 67.9 Å². The van der Waals surface area contributed by atoms with Crippen LogP contribution in [0.3, 0.4) is 0 Å². The summed E-state index contributed by atoms with van der Waals surface area (Å²) in [5.74, 6) is 0.932. The summed E-state index contributed by atoms with van der Waals surface area (Å²) in [5, 5.41) is 7.65. The van der Waals surface area contributed by atoms with Crippen molar-refractivity contribution in [3.8, 4) is 11.4 Å². The van der Waals surface area contributed by atoms with Crippen molar-refractivity contribution < 1.29 is 13.7 Å². The van der Waals surface area contributed by atoms with Crippen molar-refractivity contribution in [1.29, 1.82) is 0 Å². The van der Waals surface area contributed by atoms with Gasteiger partial charge in [0, 0.05) is 23.0 Å². The maximum absolute atomic E-state index is 13.1. The van der Waals surface area contributed by atoms with Gasteiger partial charge in [0.05, 0.1) is 6.54 Å². The molecule has 156 valence electrons. The fourth-order valence-corrected chi connectivity index (χ4v) is 3.64. The Kier molecular flexibility index (Phi) is 6.40. The molecule has 1 N–H and O–H groups in total. The predicted octanol–water partition coefficient (Wildman–Crippen LogP) is 4.02. The van der Waals surface area contributed by atoms with Crippen molar-refractivity contribution in [3.63, 3.8) is 0 Å². The van der Waals surface area contributed by atoms with Crippen LogP contribution in [0.1, 0.15) is 30.2 Å². The second-order valence-electron chi connectivity index (χ2n) is 7.42. The van der Waals surface area contributed by atoms with Gasteiger partial charge in [-0.3, -0.25) is 9.69 Å². The van der Waals surface area contributed by atoms with Gasteiger partial charge in [0.1, 0.15) is 5.82 Å². The highest BCUT2D eigenvalue weighted by molar-refractivity contribution is 6.30. The van der Waals surface area contributed by atoms with Gasteiger partial charge in [0.25, 0.3) is 0 Å². The van der Waals surface area contributed by atoms with Crippen LogP contribution in [0, 0.1) is 5.82 Å². The molecule has 0 aliphatic carbocycles. The highest BCUT2D eigenvalue weighted by Gasteiger charge is 2.26. The normalized spacial score (nSPS) is 15.3. The molecule has 0 bridgehead atoms. The summed E-state index contributed by atoms with van der Waals surface area (Å²) >= 11 is 5.87. The molecule has 1 amide bonds.